The average molecular weight is 430 g/mol. The lowest BCUT2D eigenvalue weighted by Gasteiger charge is -2.24. The van der Waals surface area contributed by atoms with E-state index in [1.807, 2.05) is 13.0 Å². The van der Waals surface area contributed by atoms with Crippen LogP contribution in [0.1, 0.15) is 29.3 Å². The number of nitrogens with two attached hydrogens (primary N) is 1. The first-order valence-corrected chi connectivity index (χ1v) is 10.6. The van der Waals surface area contributed by atoms with Gasteiger partial charge in [-0.05, 0) is 54.7 Å². The van der Waals surface area contributed by atoms with Gasteiger partial charge in [-0.25, -0.2) is 14.4 Å². The highest BCUT2D eigenvalue weighted by molar-refractivity contribution is 5.96. The van der Waals surface area contributed by atoms with E-state index in [9.17, 15) is 9.18 Å². The number of hydrogen-bond acceptors (Lipinski definition) is 5. The van der Waals surface area contributed by atoms with Crippen LogP contribution in [0.15, 0.2) is 42.9 Å². The Morgan fingerprint density at radius 1 is 1.25 bits per heavy atom. The zero-order valence-corrected chi connectivity index (χ0v) is 17.9. The molecule has 0 aliphatic carbocycles. The molecule has 7 nitrogen and oxygen atoms in total. The normalized spacial score (nSPS) is 16.1. The Morgan fingerprint density at radius 2 is 2.06 bits per heavy atom. The predicted molar refractivity (Wildman–Crippen MR) is 122 cm³/mol. The summed E-state index contributed by atoms with van der Waals surface area (Å²) in [6.45, 7) is 5.93. The summed E-state index contributed by atoms with van der Waals surface area (Å²) in [5.74, 6) is -0.0228. The number of carbonyl (C=O) groups is 1. The van der Waals surface area contributed by atoms with Gasteiger partial charge in [0.15, 0.2) is 5.65 Å². The van der Waals surface area contributed by atoms with Gasteiger partial charge in [-0.2, -0.15) is 0 Å². The number of fused-ring (bicyclic) bond motifs is 1. The van der Waals surface area contributed by atoms with Gasteiger partial charge < -0.3 is 15.6 Å². The monoisotopic (exact) mass is 430 g/mol. The number of anilines is 1. The fourth-order valence-corrected chi connectivity index (χ4v) is 4.37. The Balaban J connectivity index is 1.75. The summed E-state index contributed by atoms with van der Waals surface area (Å²) in [7, 11) is 0. The Hall–Kier alpha value is -3.81. The van der Waals surface area contributed by atoms with Crippen LogP contribution in [-0.4, -0.2) is 38.9 Å². The Labute approximate surface area is 184 Å². The minimum absolute atomic E-state index is 0.120. The van der Waals surface area contributed by atoms with E-state index in [2.05, 4.69) is 26.8 Å². The molecule has 1 aliphatic heterocycles. The van der Waals surface area contributed by atoms with Gasteiger partial charge in [0.2, 0.25) is 5.91 Å². The van der Waals surface area contributed by atoms with Crippen molar-refractivity contribution in [2.75, 3.05) is 18.0 Å². The van der Waals surface area contributed by atoms with E-state index in [1.54, 1.807) is 24.7 Å². The van der Waals surface area contributed by atoms with E-state index in [1.165, 1.54) is 6.07 Å². The predicted octanol–water partition coefficient (Wildman–Crippen LogP) is 4.08. The number of carbonyl (C=O) groups excluding carboxylic acids is 1. The number of pyridine rings is 2. The van der Waals surface area contributed by atoms with Crippen LogP contribution < -0.4 is 10.6 Å². The maximum Gasteiger partial charge on any atom is 0.248 e. The molecule has 1 amide bonds. The first-order valence-electron chi connectivity index (χ1n) is 10.6. The number of aromatic amines is 1. The zero-order chi connectivity index (χ0) is 22.4. The number of aromatic nitrogens is 4. The molecule has 0 spiro atoms. The molecule has 0 radical (unpaired) electrons. The second-order valence-corrected chi connectivity index (χ2v) is 8.43. The molecule has 3 N–H and O–H groups in total. The molecule has 5 rings (SSSR count). The maximum atomic E-state index is 14.4. The van der Waals surface area contributed by atoms with Gasteiger partial charge in [-0.1, -0.05) is 6.92 Å². The summed E-state index contributed by atoms with van der Waals surface area (Å²) >= 11 is 0. The lowest BCUT2D eigenvalue weighted by atomic mass is 9.99. The molecule has 1 aromatic carbocycles. The van der Waals surface area contributed by atoms with Crippen molar-refractivity contribution < 1.29 is 9.18 Å². The topological polar surface area (TPSA) is 101 Å². The standard InChI is InChI=1S/C24H23FN6O/c1-13-4-6-31(12-13)21-18(15-7-16(22(26)32)9-17(25)8-15)10-27-11-19(21)23-29-20-14(2)3-5-28-24(20)30-23/h3,5,7-11,13H,4,6,12H2,1-2H3,(H2,26,32)(H,28,29,30)/t13-/m1/s1. The van der Waals surface area contributed by atoms with Gasteiger partial charge in [0.05, 0.1) is 16.8 Å². The van der Waals surface area contributed by atoms with Crippen molar-refractivity contribution >= 4 is 22.8 Å². The number of benzene rings is 1. The van der Waals surface area contributed by atoms with Crippen molar-refractivity contribution in [1.82, 2.24) is 19.9 Å². The molecule has 8 heteroatoms. The molecular weight excluding hydrogens is 407 g/mol. The highest BCUT2D eigenvalue weighted by Gasteiger charge is 2.26. The molecule has 1 aliphatic rings. The third-order valence-corrected chi connectivity index (χ3v) is 6.01. The van der Waals surface area contributed by atoms with Crippen LogP contribution in [0.25, 0.3) is 33.7 Å². The van der Waals surface area contributed by atoms with Crippen LogP contribution >= 0.6 is 0 Å². The summed E-state index contributed by atoms with van der Waals surface area (Å²) in [4.78, 5) is 30.9. The Kier molecular flexibility index (Phi) is 4.84. The van der Waals surface area contributed by atoms with Gasteiger partial charge in [0.25, 0.3) is 0 Å². The smallest absolute Gasteiger partial charge is 0.248 e. The van der Waals surface area contributed by atoms with E-state index in [-0.39, 0.29) is 5.56 Å². The summed E-state index contributed by atoms with van der Waals surface area (Å²) in [6, 6.07) is 6.09. The van der Waals surface area contributed by atoms with Gasteiger partial charge >= 0.3 is 0 Å². The number of H-pyrrole nitrogens is 1. The lowest BCUT2D eigenvalue weighted by molar-refractivity contribution is 0.1000. The van der Waals surface area contributed by atoms with E-state index in [4.69, 9.17) is 10.7 Å². The molecule has 0 bridgehead atoms. The third kappa shape index (κ3) is 3.47. The second kappa shape index (κ2) is 7.71. The van der Waals surface area contributed by atoms with E-state index in [0.717, 1.165) is 53.5 Å². The summed E-state index contributed by atoms with van der Waals surface area (Å²) in [5, 5.41) is 0. The highest BCUT2D eigenvalue weighted by atomic mass is 19.1. The van der Waals surface area contributed by atoms with Crippen LogP contribution in [0.2, 0.25) is 0 Å². The first kappa shape index (κ1) is 20.1. The fourth-order valence-electron chi connectivity index (χ4n) is 4.37. The molecule has 32 heavy (non-hydrogen) atoms. The molecule has 1 atom stereocenters. The number of primary amides is 1. The molecule has 0 saturated carbocycles. The SMILES string of the molecule is Cc1ccnc2nc(-c3cncc(-c4cc(F)cc(C(N)=O)c4)c3N3CC[C@@H](C)C3)[nH]c12. The van der Waals surface area contributed by atoms with Crippen LogP contribution in [0.3, 0.4) is 0 Å². The number of nitrogens with zero attached hydrogens (tertiary/aromatic N) is 4. The van der Waals surface area contributed by atoms with Gasteiger partial charge in [-0.15, -0.1) is 0 Å². The number of imidazole rings is 1. The Bertz CT molecular complexity index is 1350. The fraction of sp³-hybridized carbons (Fsp3) is 0.250. The third-order valence-electron chi connectivity index (χ3n) is 6.01. The minimum Gasteiger partial charge on any atom is -0.370 e. The van der Waals surface area contributed by atoms with Crippen LogP contribution in [-0.2, 0) is 0 Å². The largest absolute Gasteiger partial charge is 0.370 e. The van der Waals surface area contributed by atoms with Crippen molar-refractivity contribution in [3.63, 3.8) is 0 Å². The van der Waals surface area contributed by atoms with Gasteiger partial charge in [0.1, 0.15) is 11.6 Å². The summed E-state index contributed by atoms with van der Waals surface area (Å²) < 4.78 is 14.4. The number of amides is 1. The van der Waals surface area contributed by atoms with E-state index < -0.39 is 11.7 Å². The van der Waals surface area contributed by atoms with Crippen molar-refractivity contribution in [3.05, 3.63) is 59.8 Å². The summed E-state index contributed by atoms with van der Waals surface area (Å²) in [5.41, 5.74) is 11.1. The molecule has 1 fully saturated rings. The molecule has 3 aromatic heterocycles. The number of nitrogens with one attached hydrogen (secondary N) is 1. The first-order chi connectivity index (χ1) is 15.4. The number of hydrogen-bond donors (Lipinski definition) is 2. The molecular formula is C24H23FN6O. The lowest BCUT2D eigenvalue weighted by Crippen LogP contribution is -2.21. The minimum atomic E-state index is -0.676. The molecule has 162 valence electrons. The van der Waals surface area contributed by atoms with E-state index >= 15 is 0 Å². The van der Waals surface area contributed by atoms with Crippen LogP contribution in [0, 0.1) is 18.7 Å². The van der Waals surface area contributed by atoms with E-state index in [0.29, 0.717) is 23.0 Å². The van der Waals surface area contributed by atoms with Gasteiger partial charge in [-0.3, -0.25) is 9.78 Å². The van der Waals surface area contributed by atoms with Crippen molar-refractivity contribution in [3.8, 4) is 22.5 Å². The average Bonchev–Trinajstić information content (AvgIpc) is 3.40. The molecule has 1 saturated heterocycles. The molecule has 0 unspecified atom stereocenters. The molecule has 4 aromatic rings. The van der Waals surface area contributed by atoms with Crippen molar-refractivity contribution in [1.29, 1.82) is 0 Å². The van der Waals surface area contributed by atoms with Crippen molar-refractivity contribution in [2.24, 2.45) is 11.7 Å². The quantitative estimate of drug-likeness (QED) is 0.508. The number of halogens is 1. The zero-order valence-electron chi connectivity index (χ0n) is 17.9. The Morgan fingerprint density at radius 3 is 2.78 bits per heavy atom. The second-order valence-electron chi connectivity index (χ2n) is 8.43. The summed E-state index contributed by atoms with van der Waals surface area (Å²) in [6.07, 6.45) is 6.26. The highest BCUT2D eigenvalue weighted by Crippen LogP contribution is 2.41. The van der Waals surface area contributed by atoms with Crippen molar-refractivity contribution in [2.45, 2.75) is 20.3 Å². The number of rotatable bonds is 4. The van der Waals surface area contributed by atoms with Crippen LogP contribution in [0.5, 0.6) is 0 Å². The number of aryl methyl sites for hydroxylation is 1. The van der Waals surface area contributed by atoms with Gasteiger partial charge in [0, 0.05) is 42.8 Å². The van der Waals surface area contributed by atoms with Crippen LogP contribution in [0.4, 0.5) is 10.1 Å². The maximum absolute atomic E-state index is 14.4. The molecule has 4 heterocycles.